The molecular formula is C43H49As2Cl3N8O5. The molecule has 4 aromatic carbocycles. The van der Waals surface area contributed by atoms with Crippen LogP contribution in [0.15, 0.2) is 85.1 Å². The van der Waals surface area contributed by atoms with Crippen LogP contribution in [0.1, 0.15) is 52.4 Å². The molecule has 1 aromatic heterocycles. The number of anilines is 3. The van der Waals surface area contributed by atoms with E-state index in [1.807, 2.05) is 59.5 Å². The third-order valence-corrected chi connectivity index (χ3v) is 19.4. The second-order valence-corrected chi connectivity index (χ2v) is 22.4. The van der Waals surface area contributed by atoms with Crippen LogP contribution in [0.5, 0.6) is 11.5 Å². The number of carbonyl (C=O) groups excluding carboxylic acids is 2. The van der Waals surface area contributed by atoms with Crippen LogP contribution in [0.3, 0.4) is 0 Å². The molecule has 4 heterocycles. The van der Waals surface area contributed by atoms with Gasteiger partial charge in [-0.1, -0.05) is 48.0 Å². The normalized spacial score (nSPS) is 16.0. The number of carbonyl (C=O) groups is 2. The number of nitrogen functional groups attached to an aromatic ring is 2. The van der Waals surface area contributed by atoms with Crippen LogP contribution in [0.4, 0.5) is 17.3 Å². The molecular weight excluding hydrogens is 965 g/mol. The second-order valence-electron chi connectivity index (χ2n) is 14.6. The number of nitrogens with two attached hydrogens (primary N) is 3. The summed E-state index contributed by atoms with van der Waals surface area (Å²) in [5, 5.41) is 22.5. The van der Waals surface area contributed by atoms with Crippen molar-refractivity contribution in [3.8, 4) is 22.8 Å². The minimum atomic E-state index is -0.253. The molecule has 2 amide bonds. The molecule has 3 aliphatic rings. The fraction of sp³-hybridized carbons (Fsp3) is 0.302. The molecule has 3 aliphatic heterocycles. The number of fused-ring (bicyclic) bond motifs is 2. The Kier molecular flexibility index (Phi) is 17.4. The maximum atomic E-state index is 13.8. The zero-order chi connectivity index (χ0) is 41.5. The molecule has 1 saturated heterocycles. The summed E-state index contributed by atoms with van der Waals surface area (Å²) in [5.74, 6) is 0.549. The minimum absolute atomic E-state index is 0. The molecule has 1 atom stereocenters. The third kappa shape index (κ3) is 11.8. The maximum absolute atomic E-state index is 13.8. The van der Waals surface area contributed by atoms with E-state index in [-0.39, 0.29) is 93.0 Å². The van der Waals surface area contributed by atoms with Gasteiger partial charge >= 0.3 is 116 Å². The van der Waals surface area contributed by atoms with E-state index in [2.05, 4.69) is 22.4 Å². The van der Waals surface area contributed by atoms with Crippen LogP contribution in [-0.4, -0.2) is 114 Å². The van der Waals surface area contributed by atoms with Crippen molar-refractivity contribution in [1.29, 1.82) is 0 Å². The van der Waals surface area contributed by atoms with Gasteiger partial charge in [0.25, 0.3) is 5.91 Å². The van der Waals surface area contributed by atoms with Crippen LogP contribution in [-0.2, 0) is 22.4 Å². The predicted octanol–water partition coefficient (Wildman–Crippen LogP) is 4.24. The Morgan fingerprint density at radius 1 is 0.885 bits per heavy atom. The number of nitrogens with zero attached hydrogens (tertiary/aromatic N) is 4. The number of amides is 2. The number of nitrogens with one attached hydrogen (secondary N) is 1. The van der Waals surface area contributed by atoms with E-state index in [4.69, 9.17) is 38.5 Å². The molecule has 0 radical (unpaired) electrons. The fourth-order valence-electron chi connectivity index (χ4n) is 7.45. The zero-order valence-electron chi connectivity index (χ0n) is 33.2. The van der Waals surface area contributed by atoms with Crippen molar-refractivity contribution >= 4 is 101 Å². The van der Waals surface area contributed by atoms with E-state index >= 15 is 0 Å². The summed E-state index contributed by atoms with van der Waals surface area (Å²) in [6.45, 7) is 3.14. The Bertz CT molecular complexity index is 2290. The standard InChI is InChI=1S/C31H35ClN6O3.C12H12As2N2O2.2ClH/c32-26-18-34-31(35-23-10-15-41-16-11-23)36-29(26)22-5-6-24-25(17-22)30(40)38(27(24)7-12-33)19-28(39)37-13-8-20-3-1-2-4-21(20)9-14-37;15-9-5-7(1-3-11(9)17)13-14-8-2-4-12(18)10(16)6-8;;/h1-6,17-18,23,27H,7-16,19,33H2,(H,34,35,36);1-6,17-18H,15-16H2;2*1H. The van der Waals surface area contributed by atoms with Gasteiger partial charge in [0.15, 0.2) is 0 Å². The summed E-state index contributed by atoms with van der Waals surface area (Å²) in [6.07, 6.45) is 5.56. The summed E-state index contributed by atoms with van der Waals surface area (Å²) in [7, 11) is 0. The molecule has 322 valence electrons. The van der Waals surface area contributed by atoms with Gasteiger partial charge in [-0.15, -0.1) is 24.8 Å². The Balaban J connectivity index is 0.000000297. The molecule has 0 bridgehead atoms. The zero-order valence-corrected chi connectivity index (χ0v) is 39.4. The quantitative estimate of drug-likeness (QED) is 0.0700. The first-order chi connectivity index (χ1) is 28.6. The average Bonchev–Trinajstić information content (AvgIpc) is 3.36. The molecule has 0 spiro atoms. The molecule has 0 aliphatic carbocycles. The first-order valence-electron chi connectivity index (χ1n) is 19.5. The Morgan fingerprint density at radius 2 is 1.49 bits per heavy atom. The molecule has 9 N–H and O–H groups in total. The Hall–Kier alpha value is -4.19. The second kappa shape index (κ2) is 22.2. The topological polar surface area (TPSA) is 206 Å². The number of rotatable bonds is 9. The molecule has 61 heavy (non-hydrogen) atoms. The Labute approximate surface area is 383 Å². The number of halogens is 3. The molecule has 18 heteroatoms. The van der Waals surface area contributed by atoms with Crippen LogP contribution in [0.25, 0.3) is 11.3 Å². The van der Waals surface area contributed by atoms with Gasteiger partial charge in [0.2, 0.25) is 11.9 Å². The van der Waals surface area contributed by atoms with E-state index < -0.39 is 0 Å². The van der Waals surface area contributed by atoms with Crippen LogP contribution >= 0.6 is 36.4 Å². The number of phenolic OH excluding ortho intramolecular Hbond substituents is 2. The van der Waals surface area contributed by atoms with E-state index in [1.165, 1.54) is 19.8 Å². The van der Waals surface area contributed by atoms with Gasteiger partial charge in [-0.05, 0) is 61.4 Å². The molecule has 5 aromatic rings. The number of benzene rings is 4. The molecule has 13 nitrogen and oxygen atoms in total. The van der Waals surface area contributed by atoms with Gasteiger partial charge in [0.1, 0.15) is 6.54 Å². The number of hydrogen-bond acceptors (Lipinski definition) is 11. The molecule has 0 saturated carbocycles. The number of aromatic hydroxyl groups is 2. The van der Waals surface area contributed by atoms with Crippen LogP contribution in [0.2, 0.25) is 5.02 Å². The first-order valence-corrected chi connectivity index (χ1v) is 27.0. The van der Waals surface area contributed by atoms with Gasteiger partial charge in [-0.3, -0.25) is 9.59 Å². The number of ether oxygens (including phenoxy) is 1. The monoisotopic (exact) mass is 1010 g/mol. The number of hydrogen-bond donors (Lipinski definition) is 6. The van der Waals surface area contributed by atoms with Gasteiger partial charge < -0.3 is 25.6 Å². The van der Waals surface area contributed by atoms with Crippen molar-refractivity contribution in [2.45, 2.75) is 44.2 Å². The molecule has 8 rings (SSSR count). The number of aromatic nitrogens is 2. The van der Waals surface area contributed by atoms with E-state index in [0.717, 1.165) is 36.8 Å². The fourth-order valence-corrected chi connectivity index (χ4v) is 14.8. The predicted molar refractivity (Wildman–Crippen MR) is 248 cm³/mol. The Morgan fingerprint density at radius 3 is 2.07 bits per heavy atom. The SMILES string of the molecule is Cl.Cl.NCCC1c2ccc(-c3nc(NC4CCOCC4)ncc3Cl)cc2C(=O)N1CC(=O)N1CCc2ccccc2CC1.Nc1cc(/[As]=[As]/c2ccc(O)c(N)c2)ccc1O. The summed E-state index contributed by atoms with van der Waals surface area (Å²) < 4.78 is 7.82. The van der Waals surface area contributed by atoms with Crippen molar-refractivity contribution in [2.75, 3.05) is 56.2 Å². The van der Waals surface area contributed by atoms with Crippen LogP contribution < -0.4 is 31.2 Å². The van der Waals surface area contributed by atoms with E-state index in [0.29, 0.717) is 72.9 Å². The summed E-state index contributed by atoms with van der Waals surface area (Å²) in [4.78, 5) is 39.9. The van der Waals surface area contributed by atoms with Gasteiger partial charge in [-0.2, -0.15) is 0 Å². The molecule has 1 unspecified atom stereocenters. The van der Waals surface area contributed by atoms with Crippen molar-refractivity contribution < 1.29 is 24.5 Å². The van der Waals surface area contributed by atoms with Gasteiger partial charge in [0.05, 0.1) is 23.0 Å². The van der Waals surface area contributed by atoms with Crippen molar-refractivity contribution in [1.82, 2.24) is 19.8 Å². The van der Waals surface area contributed by atoms with Crippen molar-refractivity contribution in [3.63, 3.8) is 0 Å². The average molecular weight is 1010 g/mol. The van der Waals surface area contributed by atoms with Gasteiger partial charge in [-0.25, -0.2) is 9.97 Å². The van der Waals surface area contributed by atoms with Crippen molar-refractivity contribution in [2.24, 2.45) is 5.73 Å². The summed E-state index contributed by atoms with van der Waals surface area (Å²) in [5.41, 5.74) is 23.4. The van der Waals surface area contributed by atoms with E-state index in [9.17, 15) is 19.8 Å². The third-order valence-electron chi connectivity index (χ3n) is 10.7. The molecule has 1 fully saturated rings. The summed E-state index contributed by atoms with van der Waals surface area (Å²) in [6, 6.07) is 24.8. The first kappa shape index (κ1) is 47.8. The summed E-state index contributed by atoms with van der Waals surface area (Å²) >= 11 is 6.56. The van der Waals surface area contributed by atoms with E-state index in [1.54, 1.807) is 23.2 Å². The number of phenols is 2. The van der Waals surface area contributed by atoms with Gasteiger partial charge in [0, 0.05) is 43.5 Å². The van der Waals surface area contributed by atoms with Crippen molar-refractivity contribution in [3.05, 3.63) is 112 Å². The van der Waals surface area contributed by atoms with Crippen LogP contribution in [0, 0.1) is 0 Å².